The highest BCUT2D eigenvalue weighted by atomic mass is 16.4. The zero-order valence-corrected chi connectivity index (χ0v) is 11.2. The van der Waals surface area contributed by atoms with E-state index in [4.69, 9.17) is 4.42 Å². The van der Waals surface area contributed by atoms with Gasteiger partial charge in [0.1, 0.15) is 6.26 Å². The third-order valence-corrected chi connectivity index (χ3v) is 4.35. The van der Waals surface area contributed by atoms with E-state index in [-0.39, 0.29) is 0 Å². The van der Waals surface area contributed by atoms with Crippen LogP contribution in [0.15, 0.2) is 10.7 Å². The smallest absolute Gasteiger partial charge is 0.297 e. The molecule has 4 nitrogen and oxygen atoms in total. The van der Waals surface area contributed by atoms with Crippen LogP contribution in [0.1, 0.15) is 44.7 Å². The largest absolute Gasteiger partial charge is 0.432 e. The summed E-state index contributed by atoms with van der Waals surface area (Å²) in [4.78, 5) is 7.02. The van der Waals surface area contributed by atoms with E-state index < -0.39 is 0 Å². The second-order valence-electron chi connectivity index (χ2n) is 5.50. The van der Waals surface area contributed by atoms with Crippen molar-refractivity contribution in [3.63, 3.8) is 0 Å². The van der Waals surface area contributed by atoms with Gasteiger partial charge in [-0.1, -0.05) is 19.8 Å². The van der Waals surface area contributed by atoms with Gasteiger partial charge >= 0.3 is 0 Å². The van der Waals surface area contributed by atoms with Gasteiger partial charge in [-0.15, -0.1) is 0 Å². The highest BCUT2D eigenvalue weighted by Crippen LogP contribution is 2.38. The monoisotopic (exact) mass is 249 g/mol. The second-order valence-corrected chi connectivity index (χ2v) is 5.50. The minimum Gasteiger partial charge on any atom is -0.432 e. The van der Waals surface area contributed by atoms with E-state index in [1.54, 1.807) is 6.26 Å². The lowest BCUT2D eigenvalue weighted by atomic mass is 9.85. The molecule has 0 amide bonds. The van der Waals surface area contributed by atoms with Crippen molar-refractivity contribution in [2.75, 3.05) is 18.0 Å². The van der Waals surface area contributed by atoms with E-state index in [9.17, 15) is 0 Å². The van der Waals surface area contributed by atoms with Gasteiger partial charge in [0, 0.05) is 19.1 Å². The Labute approximate surface area is 109 Å². The molecule has 1 aliphatic carbocycles. The number of aromatic nitrogens is 1. The normalized spacial score (nSPS) is 27.5. The van der Waals surface area contributed by atoms with Crippen molar-refractivity contribution >= 4 is 6.01 Å². The van der Waals surface area contributed by atoms with Crippen LogP contribution >= 0.6 is 0 Å². The van der Waals surface area contributed by atoms with E-state index >= 15 is 0 Å². The highest BCUT2D eigenvalue weighted by Gasteiger charge is 2.37. The van der Waals surface area contributed by atoms with E-state index in [0.717, 1.165) is 37.3 Å². The van der Waals surface area contributed by atoms with Gasteiger partial charge in [-0.3, -0.25) is 0 Å². The molecule has 1 aliphatic heterocycles. The van der Waals surface area contributed by atoms with Crippen LogP contribution in [-0.2, 0) is 6.54 Å². The van der Waals surface area contributed by atoms with E-state index in [1.165, 1.54) is 32.1 Å². The first kappa shape index (κ1) is 12.0. The highest BCUT2D eigenvalue weighted by molar-refractivity contribution is 5.32. The van der Waals surface area contributed by atoms with Gasteiger partial charge in [0.25, 0.3) is 6.01 Å². The first-order valence-electron chi connectivity index (χ1n) is 7.30. The van der Waals surface area contributed by atoms with E-state index in [2.05, 4.69) is 22.1 Å². The molecule has 2 unspecified atom stereocenters. The van der Waals surface area contributed by atoms with Gasteiger partial charge in [0.2, 0.25) is 0 Å². The van der Waals surface area contributed by atoms with Crippen LogP contribution in [0.3, 0.4) is 0 Å². The maximum absolute atomic E-state index is 5.67. The summed E-state index contributed by atoms with van der Waals surface area (Å²) in [7, 11) is 0. The average Bonchev–Trinajstić information content (AvgIpc) is 3.02. The number of anilines is 1. The van der Waals surface area contributed by atoms with Gasteiger partial charge in [0.05, 0.1) is 5.69 Å². The average molecular weight is 249 g/mol. The first-order valence-corrected chi connectivity index (χ1v) is 7.30. The lowest BCUT2D eigenvalue weighted by Gasteiger charge is -2.30. The molecule has 2 heterocycles. The molecule has 4 heteroatoms. The summed E-state index contributed by atoms with van der Waals surface area (Å²) in [6, 6.07) is 1.53. The van der Waals surface area contributed by atoms with Crippen LogP contribution in [0.5, 0.6) is 0 Å². The molecule has 1 aromatic rings. The molecule has 0 radical (unpaired) electrons. The number of fused-ring (bicyclic) bond motifs is 1. The first-order chi connectivity index (χ1) is 8.88. The minimum absolute atomic E-state index is 0.685. The molecule has 0 bridgehead atoms. The lowest BCUT2D eigenvalue weighted by Crippen LogP contribution is -2.34. The maximum Gasteiger partial charge on any atom is 0.297 e. The summed E-state index contributed by atoms with van der Waals surface area (Å²) >= 11 is 0. The fraction of sp³-hybridized carbons (Fsp3) is 0.786. The molecule has 2 atom stereocenters. The van der Waals surface area contributed by atoms with Gasteiger partial charge in [0.15, 0.2) is 0 Å². The number of oxazole rings is 1. The molecule has 100 valence electrons. The Kier molecular flexibility index (Phi) is 3.55. The zero-order valence-electron chi connectivity index (χ0n) is 11.2. The van der Waals surface area contributed by atoms with Crippen molar-refractivity contribution < 1.29 is 4.42 Å². The Morgan fingerprint density at radius 2 is 2.28 bits per heavy atom. The van der Waals surface area contributed by atoms with Crippen LogP contribution in [0.2, 0.25) is 0 Å². The Balaban J connectivity index is 1.68. The number of rotatable bonds is 4. The SMILES string of the molecule is CCNCc1coc(N2CCC3CCCCC32)n1. The van der Waals surface area contributed by atoms with Crippen molar-refractivity contribution in [3.8, 4) is 0 Å². The molecule has 2 fully saturated rings. The quantitative estimate of drug-likeness (QED) is 0.890. The molecule has 0 aromatic carbocycles. The number of nitrogens with one attached hydrogen (secondary N) is 1. The van der Waals surface area contributed by atoms with Crippen LogP contribution in [0.25, 0.3) is 0 Å². The molecule has 1 N–H and O–H groups in total. The van der Waals surface area contributed by atoms with Crippen LogP contribution < -0.4 is 10.2 Å². The standard InChI is InChI=1S/C14H23N3O/c1-2-15-9-12-10-18-14(16-12)17-8-7-11-5-3-4-6-13(11)17/h10-11,13,15H,2-9H2,1H3. The van der Waals surface area contributed by atoms with Crippen molar-refractivity contribution in [2.45, 2.75) is 51.6 Å². The van der Waals surface area contributed by atoms with Gasteiger partial charge < -0.3 is 14.6 Å². The summed E-state index contributed by atoms with van der Waals surface area (Å²) in [5.74, 6) is 0.878. The topological polar surface area (TPSA) is 41.3 Å². The number of hydrogen-bond donors (Lipinski definition) is 1. The third-order valence-electron chi connectivity index (χ3n) is 4.35. The minimum atomic E-state index is 0.685. The molecule has 1 saturated heterocycles. The predicted octanol–water partition coefficient (Wildman–Crippen LogP) is 2.55. The molecule has 1 saturated carbocycles. The lowest BCUT2D eigenvalue weighted by molar-refractivity contribution is 0.335. The number of hydrogen-bond acceptors (Lipinski definition) is 4. The Morgan fingerprint density at radius 1 is 1.39 bits per heavy atom. The van der Waals surface area contributed by atoms with Crippen molar-refractivity contribution in [1.29, 1.82) is 0 Å². The maximum atomic E-state index is 5.67. The van der Waals surface area contributed by atoms with Crippen molar-refractivity contribution in [3.05, 3.63) is 12.0 Å². The number of nitrogens with zero attached hydrogens (tertiary/aromatic N) is 2. The van der Waals surface area contributed by atoms with Gasteiger partial charge in [-0.05, 0) is 31.7 Å². The van der Waals surface area contributed by atoms with Crippen LogP contribution in [0.4, 0.5) is 6.01 Å². The zero-order chi connectivity index (χ0) is 12.4. The summed E-state index contributed by atoms with van der Waals surface area (Å²) in [5, 5.41) is 3.28. The van der Waals surface area contributed by atoms with Crippen molar-refractivity contribution in [1.82, 2.24) is 10.3 Å². The van der Waals surface area contributed by atoms with Crippen LogP contribution in [0, 0.1) is 5.92 Å². The third kappa shape index (κ3) is 2.26. The van der Waals surface area contributed by atoms with Crippen LogP contribution in [-0.4, -0.2) is 24.1 Å². The fourth-order valence-electron chi connectivity index (χ4n) is 3.41. The summed E-state index contributed by atoms with van der Waals surface area (Å²) in [5.41, 5.74) is 1.02. The predicted molar refractivity (Wildman–Crippen MR) is 71.6 cm³/mol. The summed E-state index contributed by atoms with van der Waals surface area (Å²) < 4.78 is 5.67. The van der Waals surface area contributed by atoms with Gasteiger partial charge in [-0.25, -0.2) is 0 Å². The molecule has 2 aliphatic rings. The van der Waals surface area contributed by atoms with Crippen molar-refractivity contribution in [2.24, 2.45) is 5.92 Å². The Hall–Kier alpha value is -1.03. The Bertz CT molecular complexity index is 390. The molecular weight excluding hydrogens is 226 g/mol. The Morgan fingerprint density at radius 3 is 3.17 bits per heavy atom. The molecule has 18 heavy (non-hydrogen) atoms. The molecular formula is C14H23N3O. The van der Waals surface area contributed by atoms with Gasteiger partial charge in [-0.2, -0.15) is 4.98 Å². The molecule has 0 spiro atoms. The van der Waals surface area contributed by atoms with E-state index in [0.29, 0.717) is 6.04 Å². The van der Waals surface area contributed by atoms with E-state index in [1.807, 2.05) is 0 Å². The fourth-order valence-corrected chi connectivity index (χ4v) is 3.41. The molecule has 1 aromatic heterocycles. The summed E-state index contributed by atoms with van der Waals surface area (Å²) in [6.07, 6.45) is 8.60. The second kappa shape index (κ2) is 5.31. The summed E-state index contributed by atoms with van der Waals surface area (Å²) in [6.45, 7) is 5.00. The molecule has 3 rings (SSSR count).